The van der Waals surface area contributed by atoms with Gasteiger partial charge in [0.2, 0.25) is 0 Å². The second-order valence-corrected chi connectivity index (χ2v) is 6.13. The molecule has 1 saturated carbocycles. The van der Waals surface area contributed by atoms with Crippen LogP contribution in [0.5, 0.6) is 5.75 Å². The fraction of sp³-hybridized carbons (Fsp3) is 0.611. The number of carbonyl (C=O) groups is 1. The van der Waals surface area contributed by atoms with Crippen LogP contribution >= 0.6 is 0 Å². The van der Waals surface area contributed by atoms with Crippen LogP contribution in [0.3, 0.4) is 0 Å². The van der Waals surface area contributed by atoms with Gasteiger partial charge in [-0.05, 0) is 30.5 Å². The van der Waals surface area contributed by atoms with Crippen LogP contribution in [-0.4, -0.2) is 12.9 Å². The van der Waals surface area contributed by atoms with E-state index in [0.717, 1.165) is 12.3 Å². The van der Waals surface area contributed by atoms with Gasteiger partial charge < -0.3 is 10.5 Å². The van der Waals surface area contributed by atoms with Gasteiger partial charge in [0, 0.05) is 12.0 Å². The molecule has 0 amide bonds. The van der Waals surface area contributed by atoms with Gasteiger partial charge in [-0.15, -0.1) is 0 Å². The normalized spacial score (nSPS) is 15.9. The highest BCUT2D eigenvalue weighted by Gasteiger charge is 2.13. The first-order valence-electron chi connectivity index (χ1n) is 8.17. The van der Waals surface area contributed by atoms with Gasteiger partial charge in [0.25, 0.3) is 0 Å². The Labute approximate surface area is 127 Å². The van der Waals surface area contributed by atoms with Gasteiger partial charge in [0.1, 0.15) is 5.75 Å². The number of methoxy groups -OCH3 is 1. The number of carbonyl (C=O) groups excluding carboxylic acids is 1. The van der Waals surface area contributed by atoms with Crippen molar-refractivity contribution in [2.24, 2.45) is 5.92 Å². The monoisotopic (exact) mass is 289 g/mol. The maximum atomic E-state index is 12.2. The number of nitrogen functional groups attached to an aromatic ring is 1. The topological polar surface area (TPSA) is 52.3 Å². The van der Waals surface area contributed by atoms with Crippen molar-refractivity contribution >= 4 is 11.5 Å². The molecule has 1 aliphatic rings. The third kappa shape index (κ3) is 4.76. The first-order valence-corrected chi connectivity index (χ1v) is 8.17. The summed E-state index contributed by atoms with van der Waals surface area (Å²) in [5.41, 5.74) is 7.05. The summed E-state index contributed by atoms with van der Waals surface area (Å²) in [5, 5.41) is 0. The van der Waals surface area contributed by atoms with Gasteiger partial charge in [0.15, 0.2) is 5.78 Å². The highest BCUT2D eigenvalue weighted by atomic mass is 16.5. The fourth-order valence-corrected chi connectivity index (χ4v) is 3.22. The van der Waals surface area contributed by atoms with Crippen molar-refractivity contribution in [2.45, 2.75) is 57.8 Å². The van der Waals surface area contributed by atoms with E-state index in [2.05, 4.69) is 0 Å². The molecule has 1 aliphatic carbocycles. The standard InChI is InChI=1S/C18H27NO2/c1-21-18-13-15(11-12-16(18)19)17(20)10-6-5-9-14-7-3-2-4-8-14/h11-14H,2-10,19H2,1H3. The molecule has 1 aromatic carbocycles. The summed E-state index contributed by atoms with van der Waals surface area (Å²) < 4.78 is 5.16. The van der Waals surface area contributed by atoms with Crippen molar-refractivity contribution in [3.63, 3.8) is 0 Å². The molecule has 0 atom stereocenters. The number of hydrogen-bond acceptors (Lipinski definition) is 3. The SMILES string of the molecule is COc1cc(C(=O)CCCCC2CCCCC2)ccc1N. The summed E-state index contributed by atoms with van der Waals surface area (Å²) in [4.78, 5) is 12.2. The molecule has 2 N–H and O–H groups in total. The molecule has 0 unspecified atom stereocenters. The summed E-state index contributed by atoms with van der Waals surface area (Å²) >= 11 is 0. The van der Waals surface area contributed by atoms with Gasteiger partial charge in [-0.3, -0.25) is 4.79 Å². The van der Waals surface area contributed by atoms with Gasteiger partial charge in [-0.25, -0.2) is 0 Å². The van der Waals surface area contributed by atoms with Gasteiger partial charge in [-0.1, -0.05) is 44.9 Å². The molecule has 1 aromatic rings. The lowest BCUT2D eigenvalue weighted by Crippen LogP contribution is -2.06. The van der Waals surface area contributed by atoms with Crippen LogP contribution in [-0.2, 0) is 0 Å². The molecular formula is C18H27NO2. The van der Waals surface area contributed by atoms with Gasteiger partial charge >= 0.3 is 0 Å². The van der Waals surface area contributed by atoms with E-state index in [9.17, 15) is 4.79 Å². The first-order chi connectivity index (χ1) is 10.2. The van der Waals surface area contributed by atoms with Crippen molar-refractivity contribution < 1.29 is 9.53 Å². The predicted molar refractivity (Wildman–Crippen MR) is 86.8 cm³/mol. The molecule has 0 aliphatic heterocycles. The van der Waals surface area contributed by atoms with Crippen LogP contribution < -0.4 is 10.5 Å². The fourth-order valence-electron chi connectivity index (χ4n) is 3.22. The van der Waals surface area contributed by atoms with Crippen LogP contribution in [0.4, 0.5) is 5.69 Å². The number of nitrogens with two attached hydrogens (primary N) is 1. The molecule has 2 rings (SSSR count). The molecule has 0 radical (unpaired) electrons. The van der Waals surface area contributed by atoms with Gasteiger partial charge in [0.05, 0.1) is 12.8 Å². The first kappa shape index (κ1) is 15.9. The lowest BCUT2D eigenvalue weighted by molar-refractivity contribution is 0.0978. The smallest absolute Gasteiger partial charge is 0.163 e. The molecule has 0 saturated heterocycles. The second-order valence-electron chi connectivity index (χ2n) is 6.13. The molecule has 3 heteroatoms. The largest absolute Gasteiger partial charge is 0.495 e. The number of anilines is 1. The van der Waals surface area contributed by atoms with Crippen LogP contribution in [0.2, 0.25) is 0 Å². The minimum atomic E-state index is 0.192. The zero-order valence-electron chi connectivity index (χ0n) is 13.1. The molecular weight excluding hydrogens is 262 g/mol. The number of Topliss-reactive ketones (excluding diaryl/α,β-unsaturated/α-hetero) is 1. The molecule has 21 heavy (non-hydrogen) atoms. The maximum Gasteiger partial charge on any atom is 0.163 e. The quantitative estimate of drug-likeness (QED) is 0.453. The summed E-state index contributed by atoms with van der Waals surface area (Å²) in [6, 6.07) is 5.29. The predicted octanol–water partition coefficient (Wildman–Crippen LogP) is 4.60. The second kappa shape index (κ2) is 8.06. The Morgan fingerprint density at radius 1 is 1.24 bits per heavy atom. The number of ketones is 1. The van der Waals surface area contributed by atoms with E-state index in [1.807, 2.05) is 0 Å². The average Bonchev–Trinajstić information content (AvgIpc) is 2.53. The van der Waals surface area contributed by atoms with Crippen molar-refractivity contribution in [2.75, 3.05) is 12.8 Å². The maximum absolute atomic E-state index is 12.2. The average molecular weight is 289 g/mol. The summed E-state index contributed by atoms with van der Waals surface area (Å²) in [6.45, 7) is 0. The molecule has 1 fully saturated rings. The van der Waals surface area contributed by atoms with Crippen molar-refractivity contribution in [1.29, 1.82) is 0 Å². The molecule has 0 heterocycles. The van der Waals surface area contributed by atoms with Crippen molar-refractivity contribution in [1.82, 2.24) is 0 Å². The number of unbranched alkanes of at least 4 members (excludes halogenated alkanes) is 1. The lowest BCUT2D eigenvalue weighted by Gasteiger charge is -2.21. The third-order valence-corrected chi connectivity index (χ3v) is 4.55. The van der Waals surface area contributed by atoms with Crippen LogP contribution in [0.15, 0.2) is 18.2 Å². The number of rotatable bonds is 7. The highest BCUT2D eigenvalue weighted by Crippen LogP contribution is 2.28. The van der Waals surface area contributed by atoms with E-state index >= 15 is 0 Å². The Morgan fingerprint density at radius 2 is 2.00 bits per heavy atom. The van der Waals surface area contributed by atoms with E-state index in [1.165, 1.54) is 44.9 Å². The molecule has 0 spiro atoms. The third-order valence-electron chi connectivity index (χ3n) is 4.55. The number of benzene rings is 1. The minimum Gasteiger partial charge on any atom is -0.495 e. The number of ether oxygens (including phenoxy) is 1. The molecule has 3 nitrogen and oxygen atoms in total. The Hall–Kier alpha value is -1.51. The van der Waals surface area contributed by atoms with E-state index < -0.39 is 0 Å². The van der Waals surface area contributed by atoms with Crippen LogP contribution in [0.25, 0.3) is 0 Å². The lowest BCUT2D eigenvalue weighted by atomic mass is 9.85. The summed E-state index contributed by atoms with van der Waals surface area (Å²) in [6.07, 6.45) is 11.1. The Morgan fingerprint density at radius 3 is 2.71 bits per heavy atom. The van der Waals surface area contributed by atoms with Crippen molar-refractivity contribution in [3.8, 4) is 5.75 Å². The number of hydrogen-bond donors (Lipinski definition) is 1. The van der Waals surface area contributed by atoms with Crippen LogP contribution in [0.1, 0.15) is 68.1 Å². The van der Waals surface area contributed by atoms with Gasteiger partial charge in [-0.2, -0.15) is 0 Å². The summed E-state index contributed by atoms with van der Waals surface area (Å²) in [7, 11) is 1.57. The molecule has 116 valence electrons. The Bertz CT molecular complexity index is 464. The van der Waals surface area contributed by atoms with E-state index in [4.69, 9.17) is 10.5 Å². The minimum absolute atomic E-state index is 0.192. The molecule has 0 aromatic heterocycles. The zero-order valence-corrected chi connectivity index (χ0v) is 13.1. The summed E-state index contributed by atoms with van der Waals surface area (Å²) in [5.74, 6) is 1.69. The molecule has 0 bridgehead atoms. The Kier molecular flexibility index (Phi) is 6.09. The zero-order chi connectivity index (χ0) is 15.1. The van der Waals surface area contributed by atoms with E-state index in [0.29, 0.717) is 23.4 Å². The Balaban J connectivity index is 1.74. The van der Waals surface area contributed by atoms with Crippen molar-refractivity contribution in [3.05, 3.63) is 23.8 Å². The van der Waals surface area contributed by atoms with E-state index in [1.54, 1.807) is 25.3 Å². The van der Waals surface area contributed by atoms with E-state index in [-0.39, 0.29) is 5.78 Å². The highest BCUT2D eigenvalue weighted by molar-refractivity contribution is 5.96. The van der Waals surface area contributed by atoms with Crippen LogP contribution in [0, 0.1) is 5.92 Å².